The maximum absolute atomic E-state index is 14.9. The largest absolute Gasteiger partial charge is 0.356 e. The van der Waals surface area contributed by atoms with Crippen molar-refractivity contribution >= 4 is 28.3 Å². The second-order valence-corrected chi connectivity index (χ2v) is 8.65. The van der Waals surface area contributed by atoms with Crippen LogP contribution in [-0.2, 0) is 7.05 Å². The van der Waals surface area contributed by atoms with Gasteiger partial charge in [-0.3, -0.25) is 9.36 Å². The maximum Gasteiger partial charge on any atom is 0.263 e. The highest BCUT2D eigenvalue weighted by molar-refractivity contribution is 6.30. The fourth-order valence-electron chi connectivity index (χ4n) is 4.39. The molecule has 5 rings (SSSR count). The summed E-state index contributed by atoms with van der Waals surface area (Å²) in [7, 11) is 1.66. The van der Waals surface area contributed by atoms with E-state index < -0.39 is 5.82 Å². The molecular formula is C25H22ClFN4O. The smallest absolute Gasteiger partial charge is 0.263 e. The van der Waals surface area contributed by atoms with Crippen LogP contribution in [0.1, 0.15) is 23.7 Å². The Morgan fingerprint density at radius 1 is 1.09 bits per heavy atom. The van der Waals surface area contributed by atoms with Crippen LogP contribution in [0.15, 0.2) is 59.4 Å². The van der Waals surface area contributed by atoms with E-state index in [-0.39, 0.29) is 11.1 Å². The number of nitrogens with zero attached hydrogens (tertiary/aromatic N) is 4. The number of hydrogen-bond acceptors (Lipinski definition) is 4. The number of rotatable bonds is 3. The predicted molar refractivity (Wildman–Crippen MR) is 126 cm³/mol. The Balaban J connectivity index is 1.67. The van der Waals surface area contributed by atoms with Gasteiger partial charge in [0.05, 0.1) is 16.6 Å². The van der Waals surface area contributed by atoms with Gasteiger partial charge in [0.25, 0.3) is 5.56 Å². The molecule has 5 nitrogen and oxygen atoms in total. The Hall–Kier alpha value is -3.25. The molecule has 0 N–H and O–H groups in total. The number of aryl methyl sites for hydroxylation is 1. The molecule has 1 saturated heterocycles. The lowest BCUT2D eigenvalue weighted by molar-refractivity contribution is 0.631. The Morgan fingerprint density at radius 2 is 1.88 bits per heavy atom. The van der Waals surface area contributed by atoms with Gasteiger partial charge in [0, 0.05) is 42.7 Å². The third kappa shape index (κ3) is 3.54. The molecule has 2 aromatic heterocycles. The van der Waals surface area contributed by atoms with Crippen molar-refractivity contribution in [2.24, 2.45) is 7.05 Å². The van der Waals surface area contributed by atoms with E-state index in [1.54, 1.807) is 26.1 Å². The zero-order chi connectivity index (χ0) is 22.4. The van der Waals surface area contributed by atoms with Crippen LogP contribution in [0.5, 0.6) is 0 Å². The third-order valence-corrected chi connectivity index (χ3v) is 6.48. The Labute approximate surface area is 190 Å². The highest BCUT2D eigenvalue weighted by atomic mass is 35.5. The first-order chi connectivity index (χ1) is 15.4. The minimum Gasteiger partial charge on any atom is -0.356 e. The van der Waals surface area contributed by atoms with Crippen LogP contribution in [0.3, 0.4) is 0 Å². The fraction of sp³-hybridized carbons (Fsp3) is 0.240. The van der Waals surface area contributed by atoms with Crippen molar-refractivity contribution < 1.29 is 4.39 Å². The van der Waals surface area contributed by atoms with E-state index in [9.17, 15) is 9.18 Å². The van der Waals surface area contributed by atoms with E-state index in [1.165, 1.54) is 16.2 Å². The average Bonchev–Trinajstić information content (AvgIpc) is 3.28. The van der Waals surface area contributed by atoms with Gasteiger partial charge >= 0.3 is 0 Å². The van der Waals surface area contributed by atoms with Crippen LogP contribution >= 0.6 is 11.6 Å². The minimum absolute atomic E-state index is 0.239. The van der Waals surface area contributed by atoms with Crippen molar-refractivity contribution in [2.45, 2.75) is 19.3 Å². The Morgan fingerprint density at radius 3 is 2.62 bits per heavy atom. The number of fused-ring (bicyclic) bond motifs is 1. The maximum atomic E-state index is 14.9. The molecule has 7 heteroatoms. The number of anilines is 1. The van der Waals surface area contributed by atoms with Gasteiger partial charge in [-0.15, -0.1) is 0 Å². The normalized spacial score (nSPS) is 16.1. The Bertz CT molecular complexity index is 1390. The van der Waals surface area contributed by atoms with Crippen molar-refractivity contribution in [3.05, 3.63) is 87.2 Å². The zero-order valence-electron chi connectivity index (χ0n) is 17.8. The summed E-state index contributed by atoms with van der Waals surface area (Å²) in [5, 5.41) is 0.598. The molecule has 0 spiro atoms. The summed E-state index contributed by atoms with van der Waals surface area (Å²) in [6.07, 6.45) is 0.997. The van der Waals surface area contributed by atoms with E-state index in [0.29, 0.717) is 39.2 Å². The van der Waals surface area contributed by atoms with Crippen molar-refractivity contribution in [3.8, 4) is 11.3 Å². The molecule has 3 heterocycles. The van der Waals surface area contributed by atoms with E-state index in [4.69, 9.17) is 16.6 Å². The van der Waals surface area contributed by atoms with Gasteiger partial charge in [-0.2, -0.15) is 0 Å². The van der Waals surface area contributed by atoms with Crippen LogP contribution in [0.4, 0.5) is 10.2 Å². The van der Waals surface area contributed by atoms with E-state index in [0.717, 1.165) is 19.5 Å². The first-order valence-corrected chi connectivity index (χ1v) is 10.9. The summed E-state index contributed by atoms with van der Waals surface area (Å²) in [4.78, 5) is 24.7. The molecule has 0 amide bonds. The van der Waals surface area contributed by atoms with Crippen LogP contribution in [-0.4, -0.2) is 27.6 Å². The Kier molecular flexibility index (Phi) is 5.18. The third-order valence-electron chi connectivity index (χ3n) is 6.24. The predicted octanol–water partition coefficient (Wildman–Crippen LogP) is 5.09. The molecule has 1 aliphatic rings. The molecule has 1 aliphatic heterocycles. The second kappa shape index (κ2) is 8.02. The molecule has 1 fully saturated rings. The van der Waals surface area contributed by atoms with Crippen LogP contribution in [0, 0.1) is 12.7 Å². The standard InChI is InChI=1S/C25H22ClFN4O/c1-15-28-21-13-22(31-11-10-17(14-31)16-6-4-3-5-7-16)29-24(23(21)25(32)30(15)2)19-9-8-18(26)12-20(19)27/h3-9,12-13,17H,10-11,14H2,1-2H3. The van der Waals surface area contributed by atoms with Crippen LogP contribution in [0.25, 0.3) is 22.2 Å². The molecule has 1 atom stereocenters. The van der Waals surface area contributed by atoms with Gasteiger partial charge in [0.1, 0.15) is 17.5 Å². The number of aromatic nitrogens is 3. The summed E-state index contributed by atoms with van der Waals surface area (Å²) >= 11 is 5.96. The molecule has 2 aromatic carbocycles. The van der Waals surface area contributed by atoms with E-state index >= 15 is 0 Å². The van der Waals surface area contributed by atoms with Gasteiger partial charge in [-0.25, -0.2) is 14.4 Å². The van der Waals surface area contributed by atoms with Crippen molar-refractivity contribution in [2.75, 3.05) is 18.0 Å². The van der Waals surface area contributed by atoms with Crippen molar-refractivity contribution in [1.82, 2.24) is 14.5 Å². The molecule has 4 aromatic rings. The van der Waals surface area contributed by atoms with Gasteiger partial charge in [0.2, 0.25) is 0 Å². The first kappa shape index (κ1) is 20.6. The lowest BCUT2D eigenvalue weighted by Crippen LogP contribution is -2.24. The zero-order valence-corrected chi connectivity index (χ0v) is 18.6. The number of pyridine rings is 1. The molecule has 0 saturated carbocycles. The van der Waals surface area contributed by atoms with E-state index in [1.807, 2.05) is 12.1 Å². The monoisotopic (exact) mass is 448 g/mol. The SMILES string of the molecule is Cc1nc2cc(N3CCC(c4ccccc4)C3)nc(-c3ccc(Cl)cc3F)c2c(=O)n1C. The molecule has 0 aliphatic carbocycles. The molecular weight excluding hydrogens is 427 g/mol. The molecule has 162 valence electrons. The second-order valence-electron chi connectivity index (χ2n) is 8.21. The summed E-state index contributed by atoms with van der Waals surface area (Å²) in [5.74, 6) is 1.16. The molecule has 1 unspecified atom stereocenters. The molecule has 32 heavy (non-hydrogen) atoms. The summed E-state index contributed by atoms with van der Waals surface area (Å²) < 4.78 is 16.4. The van der Waals surface area contributed by atoms with Crippen LogP contribution < -0.4 is 10.5 Å². The van der Waals surface area contributed by atoms with Gasteiger partial charge in [0.15, 0.2) is 0 Å². The lowest BCUT2D eigenvalue weighted by Gasteiger charge is -2.20. The highest BCUT2D eigenvalue weighted by Crippen LogP contribution is 2.34. The fourth-order valence-corrected chi connectivity index (χ4v) is 4.54. The number of halogens is 2. The van der Waals surface area contributed by atoms with Crippen LogP contribution in [0.2, 0.25) is 5.02 Å². The average molecular weight is 449 g/mol. The van der Waals surface area contributed by atoms with Gasteiger partial charge in [-0.1, -0.05) is 41.9 Å². The van der Waals surface area contributed by atoms with Gasteiger partial charge in [-0.05, 0) is 37.1 Å². The summed E-state index contributed by atoms with van der Waals surface area (Å²) in [5.41, 5.74) is 2.09. The summed E-state index contributed by atoms with van der Waals surface area (Å²) in [6, 6.07) is 16.7. The number of benzene rings is 2. The highest BCUT2D eigenvalue weighted by Gasteiger charge is 2.27. The number of hydrogen-bond donors (Lipinski definition) is 0. The molecule has 0 bridgehead atoms. The lowest BCUT2D eigenvalue weighted by atomic mass is 9.99. The minimum atomic E-state index is -0.519. The molecule has 0 radical (unpaired) electrons. The van der Waals surface area contributed by atoms with E-state index in [2.05, 4.69) is 34.1 Å². The summed E-state index contributed by atoms with van der Waals surface area (Å²) in [6.45, 7) is 3.41. The quantitative estimate of drug-likeness (QED) is 0.438. The van der Waals surface area contributed by atoms with Gasteiger partial charge < -0.3 is 4.90 Å². The van der Waals surface area contributed by atoms with Crippen molar-refractivity contribution in [3.63, 3.8) is 0 Å². The topological polar surface area (TPSA) is 51.0 Å². The van der Waals surface area contributed by atoms with Crippen molar-refractivity contribution in [1.29, 1.82) is 0 Å². The first-order valence-electron chi connectivity index (χ1n) is 10.6.